The SMILES string of the molecule is Cc1ccc(-n2c(SCc3ccccc3C(=O)N3CCN(C)CC3)nnc2-c2cccs2)cc1. The van der Waals surface area contributed by atoms with E-state index in [0.717, 1.165) is 58.9 Å². The molecule has 0 bridgehead atoms. The van der Waals surface area contributed by atoms with E-state index in [-0.39, 0.29) is 5.91 Å². The van der Waals surface area contributed by atoms with Gasteiger partial charge in [-0.15, -0.1) is 21.5 Å². The first-order valence-electron chi connectivity index (χ1n) is 11.3. The molecule has 174 valence electrons. The largest absolute Gasteiger partial charge is 0.336 e. The second-order valence-corrected chi connectivity index (χ2v) is 10.4. The number of benzene rings is 2. The molecule has 2 aromatic carbocycles. The minimum Gasteiger partial charge on any atom is -0.336 e. The molecule has 0 radical (unpaired) electrons. The van der Waals surface area contributed by atoms with Gasteiger partial charge in [0, 0.05) is 43.2 Å². The van der Waals surface area contributed by atoms with Crippen molar-refractivity contribution in [1.82, 2.24) is 24.6 Å². The quantitative estimate of drug-likeness (QED) is 0.358. The molecule has 0 N–H and O–H groups in total. The van der Waals surface area contributed by atoms with E-state index in [0.29, 0.717) is 5.75 Å². The fraction of sp³-hybridized carbons (Fsp3) is 0.269. The average molecular weight is 490 g/mol. The molecule has 0 spiro atoms. The number of thioether (sulfide) groups is 1. The van der Waals surface area contributed by atoms with Crippen LogP contribution in [0.2, 0.25) is 0 Å². The molecule has 0 saturated carbocycles. The van der Waals surface area contributed by atoms with Gasteiger partial charge >= 0.3 is 0 Å². The van der Waals surface area contributed by atoms with E-state index in [1.165, 1.54) is 5.56 Å². The first-order valence-corrected chi connectivity index (χ1v) is 13.2. The highest BCUT2D eigenvalue weighted by atomic mass is 32.2. The third kappa shape index (κ3) is 4.80. The predicted octanol–water partition coefficient (Wildman–Crippen LogP) is 4.98. The number of carbonyl (C=O) groups is 1. The summed E-state index contributed by atoms with van der Waals surface area (Å²) >= 11 is 3.26. The van der Waals surface area contributed by atoms with Crippen molar-refractivity contribution < 1.29 is 4.79 Å². The molecule has 0 aliphatic carbocycles. The molecule has 0 atom stereocenters. The number of hydrogen-bond donors (Lipinski definition) is 0. The second-order valence-electron chi connectivity index (χ2n) is 8.50. The highest BCUT2D eigenvalue weighted by molar-refractivity contribution is 7.98. The molecular formula is C26H27N5OS2. The van der Waals surface area contributed by atoms with Gasteiger partial charge in [0.1, 0.15) is 0 Å². The van der Waals surface area contributed by atoms with Crippen molar-refractivity contribution in [2.75, 3.05) is 33.2 Å². The minimum atomic E-state index is 0.114. The normalized spacial score (nSPS) is 14.5. The Kier molecular flexibility index (Phi) is 6.80. The Bertz CT molecular complexity index is 1260. The number of likely N-dealkylation sites (N-methyl/N-ethyl adjacent to an activating group) is 1. The second kappa shape index (κ2) is 10.1. The maximum Gasteiger partial charge on any atom is 0.254 e. The predicted molar refractivity (Wildman–Crippen MR) is 139 cm³/mol. The van der Waals surface area contributed by atoms with Crippen molar-refractivity contribution >= 4 is 29.0 Å². The van der Waals surface area contributed by atoms with Crippen LogP contribution in [-0.4, -0.2) is 63.7 Å². The van der Waals surface area contributed by atoms with Gasteiger partial charge in [0.25, 0.3) is 5.91 Å². The zero-order valence-corrected chi connectivity index (χ0v) is 21.0. The molecule has 3 heterocycles. The molecule has 0 unspecified atom stereocenters. The summed E-state index contributed by atoms with van der Waals surface area (Å²) in [6.07, 6.45) is 0. The number of rotatable bonds is 6. The molecule has 1 aliphatic rings. The van der Waals surface area contributed by atoms with Gasteiger partial charge < -0.3 is 9.80 Å². The van der Waals surface area contributed by atoms with Crippen molar-refractivity contribution in [3.63, 3.8) is 0 Å². The zero-order chi connectivity index (χ0) is 23.5. The number of aromatic nitrogens is 3. The molecule has 8 heteroatoms. The fourth-order valence-corrected chi connectivity index (χ4v) is 5.69. The van der Waals surface area contributed by atoms with Crippen LogP contribution in [0.1, 0.15) is 21.5 Å². The van der Waals surface area contributed by atoms with E-state index in [4.69, 9.17) is 0 Å². The first kappa shape index (κ1) is 22.8. The maximum atomic E-state index is 13.3. The summed E-state index contributed by atoms with van der Waals surface area (Å²) in [4.78, 5) is 18.6. The van der Waals surface area contributed by atoms with E-state index >= 15 is 0 Å². The lowest BCUT2D eigenvalue weighted by molar-refractivity contribution is 0.0663. The number of piperazine rings is 1. The highest BCUT2D eigenvalue weighted by Gasteiger charge is 2.23. The Hall–Kier alpha value is -2.94. The van der Waals surface area contributed by atoms with Gasteiger partial charge in [0.05, 0.1) is 4.88 Å². The lowest BCUT2D eigenvalue weighted by Gasteiger charge is -2.32. The summed E-state index contributed by atoms with van der Waals surface area (Å²) in [6.45, 7) is 5.44. The molecule has 2 aromatic heterocycles. The highest BCUT2D eigenvalue weighted by Crippen LogP contribution is 2.32. The van der Waals surface area contributed by atoms with Gasteiger partial charge in [-0.25, -0.2) is 0 Å². The van der Waals surface area contributed by atoms with Crippen LogP contribution in [0.5, 0.6) is 0 Å². The van der Waals surface area contributed by atoms with Crippen LogP contribution < -0.4 is 0 Å². The Morgan fingerprint density at radius 3 is 2.47 bits per heavy atom. The average Bonchev–Trinajstić information content (AvgIpc) is 3.54. The Morgan fingerprint density at radius 1 is 0.971 bits per heavy atom. The van der Waals surface area contributed by atoms with E-state index in [2.05, 4.69) is 69.3 Å². The van der Waals surface area contributed by atoms with E-state index in [1.807, 2.05) is 35.2 Å². The number of hydrogen-bond acceptors (Lipinski definition) is 6. The summed E-state index contributed by atoms with van der Waals surface area (Å²) in [5, 5.41) is 11.9. The fourth-order valence-electron chi connectivity index (χ4n) is 4.03. The Balaban J connectivity index is 1.42. The lowest BCUT2D eigenvalue weighted by Crippen LogP contribution is -2.47. The Morgan fingerprint density at radius 2 is 1.74 bits per heavy atom. The summed E-state index contributed by atoms with van der Waals surface area (Å²) in [6, 6.07) is 20.4. The summed E-state index contributed by atoms with van der Waals surface area (Å²) in [7, 11) is 2.10. The van der Waals surface area contributed by atoms with Crippen LogP contribution in [0.25, 0.3) is 16.4 Å². The molecule has 4 aromatic rings. The Labute approximate surface area is 208 Å². The van der Waals surface area contributed by atoms with Crippen LogP contribution in [0.3, 0.4) is 0 Å². The zero-order valence-electron chi connectivity index (χ0n) is 19.3. The topological polar surface area (TPSA) is 54.3 Å². The van der Waals surface area contributed by atoms with Gasteiger partial charge in [0.2, 0.25) is 0 Å². The van der Waals surface area contributed by atoms with Crippen LogP contribution >= 0.6 is 23.1 Å². The van der Waals surface area contributed by atoms with Crippen LogP contribution in [0, 0.1) is 6.92 Å². The first-order chi connectivity index (χ1) is 16.6. The van der Waals surface area contributed by atoms with Gasteiger partial charge in [-0.3, -0.25) is 9.36 Å². The van der Waals surface area contributed by atoms with Gasteiger partial charge in [0.15, 0.2) is 11.0 Å². The molecule has 34 heavy (non-hydrogen) atoms. The molecule has 1 aliphatic heterocycles. The molecule has 1 saturated heterocycles. The number of thiophene rings is 1. The van der Waals surface area contributed by atoms with Crippen molar-refractivity contribution in [3.8, 4) is 16.4 Å². The summed E-state index contributed by atoms with van der Waals surface area (Å²) < 4.78 is 2.11. The number of amides is 1. The van der Waals surface area contributed by atoms with E-state index < -0.39 is 0 Å². The third-order valence-electron chi connectivity index (χ3n) is 6.06. The molecule has 1 fully saturated rings. The number of carbonyl (C=O) groups excluding carboxylic acids is 1. The van der Waals surface area contributed by atoms with Crippen molar-refractivity contribution in [2.45, 2.75) is 17.8 Å². The molecule has 6 nitrogen and oxygen atoms in total. The monoisotopic (exact) mass is 489 g/mol. The molecule has 5 rings (SSSR count). The van der Waals surface area contributed by atoms with Crippen LogP contribution in [0.4, 0.5) is 0 Å². The van der Waals surface area contributed by atoms with Gasteiger partial charge in [-0.1, -0.05) is 53.7 Å². The van der Waals surface area contributed by atoms with E-state index in [1.54, 1.807) is 23.1 Å². The third-order valence-corrected chi connectivity index (χ3v) is 7.91. The van der Waals surface area contributed by atoms with E-state index in [9.17, 15) is 4.79 Å². The number of aryl methyl sites for hydroxylation is 1. The van der Waals surface area contributed by atoms with Crippen LogP contribution in [-0.2, 0) is 5.75 Å². The van der Waals surface area contributed by atoms with Crippen molar-refractivity contribution in [3.05, 3.63) is 82.7 Å². The maximum absolute atomic E-state index is 13.3. The van der Waals surface area contributed by atoms with Gasteiger partial charge in [-0.2, -0.15) is 0 Å². The summed E-state index contributed by atoms with van der Waals surface area (Å²) in [5.74, 6) is 1.59. The summed E-state index contributed by atoms with van der Waals surface area (Å²) in [5.41, 5.74) is 4.04. The number of nitrogens with zero attached hydrogens (tertiary/aromatic N) is 5. The molecular weight excluding hydrogens is 462 g/mol. The molecule has 1 amide bonds. The minimum absolute atomic E-state index is 0.114. The van der Waals surface area contributed by atoms with Crippen molar-refractivity contribution in [2.24, 2.45) is 0 Å². The van der Waals surface area contributed by atoms with Crippen LogP contribution in [0.15, 0.2) is 71.2 Å². The smallest absolute Gasteiger partial charge is 0.254 e. The van der Waals surface area contributed by atoms with Crippen molar-refractivity contribution in [1.29, 1.82) is 0 Å². The standard InChI is InChI=1S/C26H27N5OS2/c1-19-9-11-21(12-10-19)31-24(23-8-5-17-33-23)27-28-26(31)34-18-20-6-3-4-7-22(20)25(32)30-15-13-29(2)14-16-30/h3-12,17H,13-16,18H2,1-2H3. The lowest BCUT2D eigenvalue weighted by atomic mass is 10.1. The van der Waals surface area contributed by atoms with Gasteiger partial charge in [-0.05, 0) is 49.2 Å².